The molecule has 1 aromatic rings. The average molecular weight is 587 g/mol. The van der Waals surface area contributed by atoms with Crippen molar-refractivity contribution < 1.29 is 57.3 Å². The lowest BCUT2D eigenvalue weighted by atomic mass is 10.0. The first kappa shape index (κ1) is 19.3. The monoisotopic (exact) mass is 586 g/mol. The number of quaternary nitrogens is 1. The first-order chi connectivity index (χ1) is 20.3. The minimum atomic E-state index is -4.92. The van der Waals surface area contributed by atoms with Crippen LogP contribution in [0.5, 0.6) is 0 Å². The van der Waals surface area contributed by atoms with Crippen molar-refractivity contribution >= 4 is 62.1 Å². The van der Waals surface area contributed by atoms with Gasteiger partial charge in [0.1, 0.15) is 36.5 Å². The van der Waals surface area contributed by atoms with Crippen LogP contribution in [0.15, 0.2) is 21.8 Å². The fourth-order valence-corrected chi connectivity index (χ4v) is 5.38. The number of likely N-dealkylation sites (N-methyl/N-ethyl adjacent to an activating group) is 1. The van der Waals surface area contributed by atoms with Crippen molar-refractivity contribution in [1.82, 2.24) is 15.2 Å². The normalized spacial score (nSPS) is 31.6. The lowest BCUT2D eigenvalue weighted by Crippen LogP contribution is -2.71. The number of carbonyl (C=O) groups is 3. The van der Waals surface area contributed by atoms with Gasteiger partial charge in [-0.2, -0.15) is 0 Å². The van der Waals surface area contributed by atoms with E-state index in [2.05, 4.69) is 15.5 Å². The Morgan fingerprint density at radius 2 is 2.08 bits per heavy atom. The van der Waals surface area contributed by atoms with Gasteiger partial charge in [0.2, 0.25) is 10.4 Å². The smallest absolute Gasteiger partial charge is 0.352 e. The number of nitrogens with one attached hydrogen (secondary N) is 1. The van der Waals surface area contributed by atoms with E-state index in [1.165, 1.54) is 12.5 Å². The molecular formula is C19H26N6O9S3. The van der Waals surface area contributed by atoms with Crippen LogP contribution in [0, 0.1) is 0 Å². The van der Waals surface area contributed by atoms with Crippen molar-refractivity contribution in [2.75, 3.05) is 45.2 Å². The molecule has 37 heavy (non-hydrogen) atoms. The number of thiazole rings is 1. The Balaban J connectivity index is 0.00000102. The van der Waals surface area contributed by atoms with Gasteiger partial charge in [-0.15, -0.1) is 23.1 Å². The first-order valence-corrected chi connectivity index (χ1v) is 13.1. The molecule has 2 atom stereocenters. The number of likely N-dealkylation sites (tertiary alicyclic amines) is 1. The fourth-order valence-electron chi connectivity index (χ4n) is 3.50. The van der Waals surface area contributed by atoms with E-state index in [1.807, 2.05) is 0 Å². The molecule has 0 aliphatic carbocycles. The third kappa shape index (κ3) is 6.96. The lowest BCUT2D eigenvalue weighted by Gasteiger charge is -2.49. The predicted octanol–water partition coefficient (Wildman–Crippen LogP) is -0.941. The second-order valence-corrected chi connectivity index (χ2v) is 10.4. The highest BCUT2D eigenvalue weighted by molar-refractivity contribution is 8.00. The van der Waals surface area contributed by atoms with Gasteiger partial charge < -0.3 is 30.0 Å². The van der Waals surface area contributed by atoms with E-state index in [4.69, 9.17) is 39.1 Å². The molecule has 5 N–H and O–H groups in total. The maximum atomic E-state index is 13.1. The molecule has 15 nitrogen and oxygen atoms in total. The zero-order valence-electron chi connectivity index (χ0n) is 27.0. The molecule has 0 saturated carbocycles. The van der Waals surface area contributed by atoms with Crippen molar-refractivity contribution in [2.45, 2.75) is 24.2 Å². The Labute approximate surface area is 231 Å². The summed E-state index contributed by atoms with van der Waals surface area (Å²) in [4.78, 5) is 47.9. The highest BCUT2D eigenvalue weighted by Crippen LogP contribution is 2.41. The van der Waals surface area contributed by atoms with E-state index in [9.17, 15) is 19.5 Å². The lowest BCUT2D eigenvalue weighted by molar-refractivity contribution is -0.893. The molecule has 2 fully saturated rings. The molecule has 2 saturated heterocycles. The summed E-state index contributed by atoms with van der Waals surface area (Å²) in [6, 6.07) is -1.18. The van der Waals surface area contributed by atoms with E-state index >= 15 is 0 Å². The maximum absolute atomic E-state index is 13.1. The van der Waals surface area contributed by atoms with Gasteiger partial charge in [0, 0.05) is 34.9 Å². The molecule has 18 heteroatoms. The third-order valence-electron chi connectivity index (χ3n) is 4.87. The number of carboxylic acids is 1. The van der Waals surface area contributed by atoms with Crippen LogP contribution in [0.1, 0.15) is 29.4 Å². The highest BCUT2D eigenvalue weighted by Gasteiger charge is 2.55. The number of amides is 2. The number of hydrogen-bond acceptors (Lipinski definition) is 12. The van der Waals surface area contributed by atoms with Gasteiger partial charge in [-0.3, -0.25) is 19.0 Å². The van der Waals surface area contributed by atoms with Gasteiger partial charge in [0.05, 0.1) is 25.5 Å². The molecule has 3 aliphatic heterocycles. The Kier molecular flexibility index (Phi) is 5.91. The Morgan fingerprint density at radius 3 is 2.59 bits per heavy atom. The number of nitrogens with zero attached hydrogens (tertiary/aromatic N) is 4. The van der Waals surface area contributed by atoms with E-state index in [0.29, 0.717) is 0 Å². The van der Waals surface area contributed by atoms with Crippen molar-refractivity contribution in [2.24, 2.45) is 5.16 Å². The van der Waals surface area contributed by atoms with Crippen molar-refractivity contribution in [3.8, 4) is 0 Å². The van der Waals surface area contributed by atoms with Gasteiger partial charge in [-0.05, 0) is 0 Å². The zero-order valence-corrected chi connectivity index (χ0v) is 21.4. The quantitative estimate of drug-likeness (QED) is 0.0758. The summed E-state index contributed by atoms with van der Waals surface area (Å²) in [5.41, 5.74) is 4.80. The number of carbonyl (C=O) groups excluding carboxylic acids is 2. The summed E-state index contributed by atoms with van der Waals surface area (Å²) in [6.45, 7) is -6.98. The molecule has 3 aliphatic rings. The summed E-state index contributed by atoms with van der Waals surface area (Å²) in [7, 11) is -2.73. The molecule has 4 rings (SSSR count). The summed E-state index contributed by atoms with van der Waals surface area (Å²) < 4.78 is 97.2. The largest absolute Gasteiger partial charge is 0.726 e. The molecule has 4 heterocycles. The number of carboxylic acid groups (broad SMARTS) is 1. The van der Waals surface area contributed by atoms with Crippen molar-refractivity contribution in [1.29, 1.82) is 0 Å². The van der Waals surface area contributed by atoms with E-state index in [1.54, 1.807) is 0 Å². The van der Waals surface area contributed by atoms with Gasteiger partial charge in [-0.1, -0.05) is 5.16 Å². The number of fused-ring (bicyclic) bond motifs is 1. The second kappa shape index (κ2) is 11.3. The van der Waals surface area contributed by atoms with Crippen LogP contribution < -0.4 is 11.1 Å². The van der Waals surface area contributed by atoms with Crippen LogP contribution in [-0.4, -0.2) is 111 Å². The summed E-state index contributed by atoms with van der Waals surface area (Å²) >= 11 is 2.07. The minimum absolute atomic E-state index is 0.0878. The minimum Gasteiger partial charge on any atom is -0.726 e. The van der Waals surface area contributed by atoms with E-state index < -0.39 is 82.1 Å². The number of oxime groups is 1. The summed E-state index contributed by atoms with van der Waals surface area (Å²) in [6.07, 6.45) is -6.56. The topological polar surface area (TPSA) is 225 Å². The van der Waals surface area contributed by atoms with E-state index in [-0.39, 0.29) is 27.9 Å². The molecule has 0 unspecified atom stereocenters. The molecule has 1 aromatic heterocycles. The number of nitrogens with two attached hydrogens (primary N) is 1. The van der Waals surface area contributed by atoms with Crippen LogP contribution in [0.25, 0.3) is 0 Å². The van der Waals surface area contributed by atoms with Gasteiger partial charge in [0.15, 0.2) is 10.8 Å². The number of aliphatic carboxylic acids is 1. The molecule has 0 radical (unpaired) electrons. The zero-order chi connectivity index (χ0) is 34.7. The second-order valence-electron chi connectivity index (χ2n) is 7.56. The number of nitrogen functional groups attached to an aromatic ring is 1. The number of rotatable bonds is 7. The van der Waals surface area contributed by atoms with Crippen LogP contribution in [0.3, 0.4) is 0 Å². The Bertz CT molecular complexity index is 1550. The number of β-lactam (4-membered cyclic amide) rings is 1. The fraction of sp³-hybridized carbons (Fsp3) is 0.526. The highest BCUT2D eigenvalue weighted by atomic mass is 32.3. The third-order valence-corrected chi connectivity index (χ3v) is 6.89. The van der Waals surface area contributed by atoms with Gasteiger partial charge >= 0.3 is 5.97 Å². The van der Waals surface area contributed by atoms with Crippen LogP contribution in [-0.2, 0) is 29.6 Å². The average Bonchev–Trinajstić information content (AvgIpc) is 3.34. The number of hydrogen-bond donors (Lipinski definition) is 4. The maximum Gasteiger partial charge on any atom is 0.352 e. The van der Waals surface area contributed by atoms with Gasteiger partial charge in [-0.25, -0.2) is 18.2 Å². The number of aromatic nitrogens is 1. The molecule has 0 aromatic carbocycles. The molecule has 0 bridgehead atoms. The van der Waals surface area contributed by atoms with Crippen LogP contribution >= 0.6 is 23.1 Å². The van der Waals surface area contributed by atoms with Crippen molar-refractivity contribution in [3.05, 3.63) is 22.3 Å². The molecule has 204 valence electrons. The Hall–Kier alpha value is -2.77. The SMILES string of the molecule is O=S(=O)([O-])O.[2H]C1([2H])C([2H])([2H])C([2H])([2H])[N+](C)(CC2=C(C(=O)O)N3C(=O)[C@@H](NC(=O)/C(=N\OC)c4csc(N)n4)[C@H]3SC2)C1([2H])[2H]. The predicted molar refractivity (Wildman–Crippen MR) is 132 cm³/mol. The Morgan fingerprint density at radius 1 is 1.46 bits per heavy atom. The number of thioether (sulfide) groups is 1. The molecule has 2 amide bonds. The van der Waals surface area contributed by atoms with Crippen LogP contribution in [0.2, 0.25) is 0 Å². The van der Waals surface area contributed by atoms with Crippen LogP contribution in [0.4, 0.5) is 5.13 Å². The standard InChI is InChI=1S/C19H24N6O5S2.H2O4S/c1-25(5-3-4-6-25)7-10-8-31-17-13(16(27)24(17)14(10)18(28)29)22-15(26)12(23-30-2)11-9-32-19(20)21-11;1-5(2,3)4/h9,13,17H,3-8H2,1-2H3,(H3-,20,21,22,26,28,29);(H2,1,2,3,4)/b23-12-;/t13-,17-;/m1./s1/i3D2,4D2,5D2,6D2;. The molecular weight excluding hydrogens is 552 g/mol. The van der Waals surface area contributed by atoms with Crippen molar-refractivity contribution in [3.63, 3.8) is 0 Å². The van der Waals surface area contributed by atoms with Gasteiger partial charge in [0.25, 0.3) is 11.8 Å². The first-order valence-electron chi connectivity index (χ1n) is 13.9. The van der Waals surface area contributed by atoms with E-state index in [0.717, 1.165) is 35.0 Å². The summed E-state index contributed by atoms with van der Waals surface area (Å²) in [5.74, 6) is -3.36. The molecule has 0 spiro atoms. The number of anilines is 1. The summed E-state index contributed by atoms with van der Waals surface area (Å²) in [5, 5.41) is 16.9.